The molecule has 0 bridgehead atoms. The van der Waals surface area contributed by atoms with Crippen LogP contribution in [-0.2, 0) is 0 Å². The molecule has 2 nitrogen and oxygen atoms in total. The van der Waals surface area contributed by atoms with E-state index in [2.05, 4.69) is 0 Å². The first kappa shape index (κ1) is 15.6. The number of halogens is 6. The zero-order chi connectivity index (χ0) is 14.4. The highest BCUT2D eigenvalue weighted by molar-refractivity contribution is 5.02. The van der Waals surface area contributed by atoms with Crippen molar-refractivity contribution in [2.75, 3.05) is 0 Å². The van der Waals surface area contributed by atoms with Gasteiger partial charge in [-0.25, -0.2) is 0 Å². The van der Waals surface area contributed by atoms with Crippen molar-refractivity contribution in [1.82, 2.24) is 0 Å². The molecule has 0 saturated heterocycles. The molecule has 8 heteroatoms. The van der Waals surface area contributed by atoms with Crippen LogP contribution in [0.2, 0.25) is 0 Å². The quantitative estimate of drug-likeness (QED) is 0.725. The maximum Gasteiger partial charge on any atom is 0.426 e. The highest BCUT2D eigenvalue weighted by atomic mass is 19.4. The molecule has 0 unspecified atom stereocenters. The van der Waals surface area contributed by atoms with Crippen LogP contribution >= 0.6 is 0 Å². The van der Waals surface area contributed by atoms with Gasteiger partial charge in [-0.15, -0.1) is 0 Å². The van der Waals surface area contributed by atoms with Gasteiger partial charge in [-0.2, -0.15) is 26.3 Å². The molecule has 1 rings (SSSR count). The molecule has 0 radical (unpaired) electrons. The smallest absolute Gasteiger partial charge is 0.390 e. The zero-order valence-electron chi connectivity index (χ0n) is 9.57. The Morgan fingerprint density at radius 3 is 1.56 bits per heavy atom. The van der Waals surface area contributed by atoms with E-state index in [9.17, 15) is 31.4 Å². The number of hydrogen-bond acceptors (Lipinski definition) is 2. The van der Waals surface area contributed by atoms with Crippen molar-refractivity contribution in [2.45, 2.75) is 56.2 Å². The second-order valence-electron chi connectivity index (χ2n) is 5.03. The zero-order valence-corrected chi connectivity index (χ0v) is 9.57. The average molecular weight is 280 g/mol. The Bertz CT molecular complexity index is 282. The maximum absolute atomic E-state index is 12.5. The molecule has 1 aliphatic carbocycles. The minimum Gasteiger partial charge on any atom is -0.390 e. The van der Waals surface area contributed by atoms with Gasteiger partial charge in [0.2, 0.25) is 0 Å². The van der Waals surface area contributed by atoms with Gasteiger partial charge in [-0.05, 0) is 32.6 Å². The van der Waals surface area contributed by atoms with Gasteiger partial charge < -0.3 is 10.2 Å². The molecular formula is C10H14F6O2. The van der Waals surface area contributed by atoms with Crippen LogP contribution in [0.15, 0.2) is 0 Å². The molecule has 108 valence electrons. The molecule has 0 aromatic carbocycles. The van der Waals surface area contributed by atoms with Crippen molar-refractivity contribution in [1.29, 1.82) is 0 Å². The topological polar surface area (TPSA) is 40.5 Å². The van der Waals surface area contributed by atoms with Crippen molar-refractivity contribution in [3.05, 3.63) is 0 Å². The standard InChI is InChI=1S/C10H14F6O2/c1-7(17)4-2-6(3-5-7)8(18,9(11,12)13)10(14,15)16/h6,17-18H,2-5H2,1H3. The van der Waals surface area contributed by atoms with E-state index >= 15 is 0 Å². The highest BCUT2D eigenvalue weighted by Gasteiger charge is 2.73. The van der Waals surface area contributed by atoms with Crippen molar-refractivity contribution in [3.8, 4) is 0 Å². The Labute approximate surface area is 99.6 Å². The SMILES string of the molecule is CC1(O)CCC(C(O)(C(F)(F)F)C(F)(F)F)CC1. The van der Waals surface area contributed by atoms with Crippen LogP contribution in [0.25, 0.3) is 0 Å². The van der Waals surface area contributed by atoms with Crippen LogP contribution in [-0.4, -0.2) is 33.8 Å². The van der Waals surface area contributed by atoms with E-state index in [-0.39, 0.29) is 12.8 Å². The number of alkyl halides is 6. The summed E-state index contributed by atoms with van der Waals surface area (Å²) < 4.78 is 75.3. The van der Waals surface area contributed by atoms with Gasteiger partial charge in [-0.3, -0.25) is 0 Å². The molecule has 0 spiro atoms. The lowest BCUT2D eigenvalue weighted by Gasteiger charge is -2.43. The summed E-state index contributed by atoms with van der Waals surface area (Å²) in [6.45, 7) is 1.35. The summed E-state index contributed by atoms with van der Waals surface area (Å²) in [7, 11) is 0. The van der Waals surface area contributed by atoms with E-state index in [0.29, 0.717) is 0 Å². The monoisotopic (exact) mass is 280 g/mol. The Kier molecular flexibility index (Phi) is 3.68. The first-order valence-corrected chi connectivity index (χ1v) is 5.39. The summed E-state index contributed by atoms with van der Waals surface area (Å²) in [6, 6.07) is 0. The summed E-state index contributed by atoms with van der Waals surface area (Å²) >= 11 is 0. The van der Waals surface area contributed by atoms with Gasteiger partial charge in [0, 0.05) is 5.92 Å². The molecule has 2 N–H and O–H groups in total. The van der Waals surface area contributed by atoms with E-state index in [0.717, 1.165) is 0 Å². The number of aliphatic hydroxyl groups is 2. The molecule has 0 aromatic rings. The van der Waals surface area contributed by atoms with Gasteiger partial charge >= 0.3 is 12.4 Å². The van der Waals surface area contributed by atoms with Crippen LogP contribution in [0.5, 0.6) is 0 Å². The van der Waals surface area contributed by atoms with Crippen molar-refractivity contribution >= 4 is 0 Å². The lowest BCUT2D eigenvalue weighted by molar-refractivity contribution is -0.388. The van der Waals surface area contributed by atoms with Crippen LogP contribution in [0.4, 0.5) is 26.3 Å². The van der Waals surface area contributed by atoms with Crippen molar-refractivity contribution in [2.24, 2.45) is 5.92 Å². The van der Waals surface area contributed by atoms with Crippen LogP contribution in [0, 0.1) is 5.92 Å². The molecule has 0 aromatic heterocycles. The normalized spacial score (nSPS) is 31.5. The number of hydrogen-bond donors (Lipinski definition) is 2. The van der Waals surface area contributed by atoms with Gasteiger partial charge in [0.15, 0.2) is 0 Å². The molecule has 0 heterocycles. The second-order valence-corrected chi connectivity index (χ2v) is 5.03. The number of rotatable bonds is 1. The predicted molar refractivity (Wildman–Crippen MR) is 49.6 cm³/mol. The van der Waals surface area contributed by atoms with E-state index in [1.54, 1.807) is 0 Å². The third-order valence-corrected chi connectivity index (χ3v) is 3.52. The van der Waals surface area contributed by atoms with E-state index in [1.807, 2.05) is 0 Å². The third kappa shape index (κ3) is 2.59. The van der Waals surface area contributed by atoms with Gasteiger partial charge in [0.05, 0.1) is 5.60 Å². The molecule has 1 saturated carbocycles. The Morgan fingerprint density at radius 1 is 0.944 bits per heavy atom. The minimum atomic E-state index is -5.78. The average Bonchev–Trinajstić information content (AvgIpc) is 2.13. The molecule has 18 heavy (non-hydrogen) atoms. The van der Waals surface area contributed by atoms with Gasteiger partial charge in [0.1, 0.15) is 0 Å². The van der Waals surface area contributed by atoms with Gasteiger partial charge in [0.25, 0.3) is 5.60 Å². The first-order chi connectivity index (χ1) is 7.81. The summed E-state index contributed by atoms with van der Waals surface area (Å²) in [5.74, 6) is -1.97. The Hall–Kier alpha value is -0.500. The Morgan fingerprint density at radius 2 is 1.28 bits per heavy atom. The highest BCUT2D eigenvalue weighted by Crippen LogP contribution is 2.52. The fraction of sp³-hybridized carbons (Fsp3) is 1.00. The second kappa shape index (κ2) is 4.26. The summed E-state index contributed by atoms with van der Waals surface area (Å²) in [5, 5.41) is 18.7. The molecule has 0 amide bonds. The summed E-state index contributed by atoms with van der Waals surface area (Å²) in [6.07, 6.45) is -13.0. The van der Waals surface area contributed by atoms with Crippen molar-refractivity contribution in [3.63, 3.8) is 0 Å². The van der Waals surface area contributed by atoms with Crippen LogP contribution in [0.1, 0.15) is 32.6 Å². The summed E-state index contributed by atoms with van der Waals surface area (Å²) in [4.78, 5) is 0. The van der Waals surface area contributed by atoms with E-state index < -0.39 is 42.3 Å². The largest absolute Gasteiger partial charge is 0.426 e. The lowest BCUT2D eigenvalue weighted by atomic mass is 9.71. The molecule has 1 fully saturated rings. The fourth-order valence-corrected chi connectivity index (χ4v) is 2.28. The predicted octanol–water partition coefficient (Wildman–Crippen LogP) is 2.78. The maximum atomic E-state index is 12.5. The lowest BCUT2D eigenvalue weighted by Crippen LogP contribution is -2.62. The van der Waals surface area contributed by atoms with E-state index in [1.165, 1.54) is 6.92 Å². The molecule has 0 atom stereocenters. The van der Waals surface area contributed by atoms with E-state index in [4.69, 9.17) is 5.11 Å². The minimum absolute atomic E-state index is 0.202. The molecule has 1 aliphatic rings. The molecular weight excluding hydrogens is 266 g/mol. The molecule has 0 aliphatic heterocycles. The Balaban J connectivity index is 3.01. The van der Waals surface area contributed by atoms with Crippen molar-refractivity contribution < 1.29 is 36.6 Å². The van der Waals surface area contributed by atoms with Gasteiger partial charge in [-0.1, -0.05) is 0 Å². The first-order valence-electron chi connectivity index (χ1n) is 5.39. The van der Waals surface area contributed by atoms with Crippen LogP contribution in [0.3, 0.4) is 0 Å². The van der Waals surface area contributed by atoms with Crippen LogP contribution < -0.4 is 0 Å². The fourth-order valence-electron chi connectivity index (χ4n) is 2.28. The summed E-state index contributed by atoms with van der Waals surface area (Å²) in [5.41, 5.74) is -5.97. The third-order valence-electron chi connectivity index (χ3n) is 3.52.